The minimum atomic E-state index is -0.322. The smallest absolute Gasteiger partial charge is 0.126 e. The van der Waals surface area contributed by atoms with Crippen molar-refractivity contribution in [1.29, 1.82) is 0 Å². The molecule has 0 heterocycles. The number of hydrogen-bond acceptors (Lipinski definition) is 2. The molecule has 0 aliphatic heterocycles. The van der Waals surface area contributed by atoms with Gasteiger partial charge in [-0.3, -0.25) is 0 Å². The standard InChI is InChI=1S/C14H16O2/c1-10(15)9-11-7-8-14(16-2)13-6-4-3-5-12(11)13/h3-8,10,15H,9H2,1-2H3. The Balaban J connectivity index is 2.60. The highest BCUT2D eigenvalue weighted by atomic mass is 16.5. The lowest BCUT2D eigenvalue weighted by molar-refractivity contribution is 0.196. The van der Waals surface area contributed by atoms with Crippen molar-refractivity contribution < 1.29 is 9.84 Å². The zero-order valence-electron chi connectivity index (χ0n) is 9.60. The highest BCUT2D eigenvalue weighted by Gasteiger charge is 2.07. The topological polar surface area (TPSA) is 29.5 Å². The molecule has 2 aromatic carbocycles. The van der Waals surface area contributed by atoms with E-state index in [9.17, 15) is 5.11 Å². The largest absolute Gasteiger partial charge is 0.496 e. The SMILES string of the molecule is COc1ccc(CC(C)O)c2ccccc12. The van der Waals surface area contributed by atoms with Crippen LogP contribution in [0, 0.1) is 0 Å². The monoisotopic (exact) mass is 216 g/mol. The lowest BCUT2D eigenvalue weighted by Gasteiger charge is -2.11. The molecular weight excluding hydrogens is 200 g/mol. The minimum Gasteiger partial charge on any atom is -0.496 e. The molecule has 0 fully saturated rings. The van der Waals surface area contributed by atoms with Crippen LogP contribution in [-0.2, 0) is 6.42 Å². The number of aliphatic hydroxyl groups excluding tert-OH is 1. The van der Waals surface area contributed by atoms with E-state index in [-0.39, 0.29) is 6.10 Å². The normalized spacial score (nSPS) is 12.7. The number of methoxy groups -OCH3 is 1. The van der Waals surface area contributed by atoms with Crippen molar-refractivity contribution in [2.45, 2.75) is 19.4 Å². The number of hydrogen-bond donors (Lipinski definition) is 1. The third-order valence-corrected chi connectivity index (χ3v) is 2.71. The molecule has 1 N–H and O–H groups in total. The van der Waals surface area contributed by atoms with Crippen LogP contribution < -0.4 is 4.74 Å². The van der Waals surface area contributed by atoms with Crippen LogP contribution in [-0.4, -0.2) is 18.3 Å². The van der Waals surface area contributed by atoms with Gasteiger partial charge < -0.3 is 9.84 Å². The molecular formula is C14H16O2. The Bertz CT molecular complexity index is 489. The highest BCUT2D eigenvalue weighted by Crippen LogP contribution is 2.28. The number of ether oxygens (including phenoxy) is 1. The number of rotatable bonds is 3. The van der Waals surface area contributed by atoms with Gasteiger partial charge in [-0.2, -0.15) is 0 Å². The van der Waals surface area contributed by atoms with E-state index in [0.717, 1.165) is 22.1 Å². The molecule has 1 atom stereocenters. The Morgan fingerprint density at radius 1 is 1.12 bits per heavy atom. The van der Waals surface area contributed by atoms with E-state index in [4.69, 9.17) is 4.74 Å². The van der Waals surface area contributed by atoms with E-state index in [1.165, 1.54) is 0 Å². The summed E-state index contributed by atoms with van der Waals surface area (Å²) in [6.07, 6.45) is 0.349. The van der Waals surface area contributed by atoms with Gasteiger partial charge in [-0.15, -0.1) is 0 Å². The summed E-state index contributed by atoms with van der Waals surface area (Å²) in [4.78, 5) is 0. The summed E-state index contributed by atoms with van der Waals surface area (Å²) in [7, 11) is 1.68. The summed E-state index contributed by atoms with van der Waals surface area (Å²) >= 11 is 0. The molecule has 0 saturated heterocycles. The predicted molar refractivity (Wildman–Crippen MR) is 65.9 cm³/mol. The molecule has 0 amide bonds. The maximum atomic E-state index is 9.46. The molecule has 2 nitrogen and oxygen atoms in total. The maximum absolute atomic E-state index is 9.46. The zero-order chi connectivity index (χ0) is 11.5. The summed E-state index contributed by atoms with van der Waals surface area (Å²) in [6.45, 7) is 1.80. The van der Waals surface area contributed by atoms with E-state index in [1.807, 2.05) is 30.3 Å². The Labute approximate surface area is 95.5 Å². The molecule has 0 spiro atoms. The van der Waals surface area contributed by atoms with Gasteiger partial charge in [0, 0.05) is 5.39 Å². The summed E-state index contributed by atoms with van der Waals surface area (Å²) in [5, 5.41) is 11.7. The van der Waals surface area contributed by atoms with E-state index < -0.39 is 0 Å². The van der Waals surface area contributed by atoms with Crippen LogP contribution in [0.15, 0.2) is 36.4 Å². The van der Waals surface area contributed by atoms with Gasteiger partial charge in [0.25, 0.3) is 0 Å². The molecule has 0 bridgehead atoms. The fourth-order valence-corrected chi connectivity index (χ4v) is 2.01. The van der Waals surface area contributed by atoms with Gasteiger partial charge in [0.1, 0.15) is 5.75 Å². The summed E-state index contributed by atoms with van der Waals surface area (Å²) in [5.74, 6) is 0.880. The maximum Gasteiger partial charge on any atom is 0.126 e. The molecule has 2 aromatic rings. The Morgan fingerprint density at radius 3 is 2.44 bits per heavy atom. The highest BCUT2D eigenvalue weighted by molar-refractivity contribution is 5.91. The third-order valence-electron chi connectivity index (χ3n) is 2.71. The third kappa shape index (κ3) is 2.02. The Morgan fingerprint density at radius 2 is 1.81 bits per heavy atom. The predicted octanol–water partition coefficient (Wildman–Crippen LogP) is 2.77. The number of aliphatic hydroxyl groups is 1. The second-order valence-electron chi connectivity index (χ2n) is 4.03. The second-order valence-corrected chi connectivity index (χ2v) is 4.03. The van der Waals surface area contributed by atoms with Crippen molar-refractivity contribution in [3.05, 3.63) is 42.0 Å². The Hall–Kier alpha value is -1.54. The van der Waals surface area contributed by atoms with Crippen LogP contribution in [0.5, 0.6) is 5.75 Å². The fraction of sp³-hybridized carbons (Fsp3) is 0.286. The Kier molecular flexibility index (Phi) is 3.11. The number of fused-ring (bicyclic) bond motifs is 1. The van der Waals surface area contributed by atoms with Gasteiger partial charge in [0.15, 0.2) is 0 Å². The number of benzene rings is 2. The van der Waals surface area contributed by atoms with Crippen LogP contribution in [0.2, 0.25) is 0 Å². The fourth-order valence-electron chi connectivity index (χ4n) is 2.01. The second kappa shape index (κ2) is 4.54. The zero-order valence-corrected chi connectivity index (χ0v) is 9.60. The lowest BCUT2D eigenvalue weighted by Crippen LogP contribution is -2.04. The van der Waals surface area contributed by atoms with Crippen molar-refractivity contribution >= 4 is 10.8 Å². The van der Waals surface area contributed by atoms with Gasteiger partial charge in [-0.1, -0.05) is 30.3 Å². The van der Waals surface area contributed by atoms with Crippen molar-refractivity contribution in [3.63, 3.8) is 0 Å². The van der Waals surface area contributed by atoms with E-state index in [1.54, 1.807) is 14.0 Å². The molecule has 84 valence electrons. The van der Waals surface area contributed by atoms with Crippen molar-refractivity contribution in [3.8, 4) is 5.75 Å². The molecule has 16 heavy (non-hydrogen) atoms. The first-order valence-electron chi connectivity index (χ1n) is 5.45. The first kappa shape index (κ1) is 11.0. The van der Waals surface area contributed by atoms with Crippen LogP contribution in [0.4, 0.5) is 0 Å². The molecule has 0 saturated carbocycles. The van der Waals surface area contributed by atoms with Crippen LogP contribution in [0.25, 0.3) is 10.8 Å². The first-order valence-corrected chi connectivity index (χ1v) is 5.45. The molecule has 2 rings (SSSR count). The molecule has 2 heteroatoms. The summed E-state index contributed by atoms with van der Waals surface area (Å²) in [6, 6.07) is 12.1. The van der Waals surface area contributed by atoms with Gasteiger partial charge >= 0.3 is 0 Å². The van der Waals surface area contributed by atoms with Gasteiger partial charge in [-0.05, 0) is 30.4 Å². The van der Waals surface area contributed by atoms with Gasteiger partial charge in [-0.25, -0.2) is 0 Å². The van der Waals surface area contributed by atoms with Gasteiger partial charge in [0.05, 0.1) is 13.2 Å². The van der Waals surface area contributed by atoms with Gasteiger partial charge in [0.2, 0.25) is 0 Å². The minimum absolute atomic E-state index is 0.322. The summed E-state index contributed by atoms with van der Waals surface area (Å²) in [5.41, 5.74) is 1.16. The molecule has 0 aliphatic rings. The van der Waals surface area contributed by atoms with E-state index in [0.29, 0.717) is 6.42 Å². The summed E-state index contributed by atoms with van der Waals surface area (Å²) < 4.78 is 5.32. The first-order chi connectivity index (χ1) is 7.72. The molecule has 0 radical (unpaired) electrons. The van der Waals surface area contributed by atoms with Crippen molar-refractivity contribution in [2.75, 3.05) is 7.11 Å². The van der Waals surface area contributed by atoms with Crippen LogP contribution >= 0.6 is 0 Å². The lowest BCUT2D eigenvalue weighted by atomic mass is 9.99. The van der Waals surface area contributed by atoms with Crippen LogP contribution in [0.1, 0.15) is 12.5 Å². The molecule has 0 aliphatic carbocycles. The van der Waals surface area contributed by atoms with E-state index in [2.05, 4.69) is 6.07 Å². The van der Waals surface area contributed by atoms with Crippen LogP contribution in [0.3, 0.4) is 0 Å². The average molecular weight is 216 g/mol. The van der Waals surface area contributed by atoms with Crippen molar-refractivity contribution in [2.24, 2.45) is 0 Å². The average Bonchev–Trinajstić information content (AvgIpc) is 2.29. The molecule has 1 unspecified atom stereocenters. The molecule has 0 aromatic heterocycles. The van der Waals surface area contributed by atoms with E-state index >= 15 is 0 Å². The van der Waals surface area contributed by atoms with Crippen molar-refractivity contribution in [1.82, 2.24) is 0 Å². The quantitative estimate of drug-likeness (QED) is 0.854.